The first-order chi connectivity index (χ1) is 11.5. The van der Waals surface area contributed by atoms with Gasteiger partial charge in [-0.3, -0.25) is 4.79 Å². The van der Waals surface area contributed by atoms with Crippen LogP contribution in [0, 0.1) is 13.8 Å². The summed E-state index contributed by atoms with van der Waals surface area (Å²) in [4.78, 5) is 23.9. The predicted octanol–water partition coefficient (Wildman–Crippen LogP) is 1.95. The third-order valence-electron chi connectivity index (χ3n) is 3.68. The number of benzene rings is 1. The number of aryl methyl sites for hydroxylation is 2. The Kier molecular flexibility index (Phi) is 5.57. The topological polar surface area (TPSA) is 90.7 Å². The summed E-state index contributed by atoms with van der Waals surface area (Å²) in [5, 5.41) is 6.64. The van der Waals surface area contributed by atoms with Crippen molar-refractivity contribution in [2.75, 3.05) is 14.2 Å². The number of hydrogen-bond acceptors (Lipinski definition) is 6. The number of aromatic nitrogens is 1. The first-order valence-corrected chi connectivity index (χ1v) is 7.40. The van der Waals surface area contributed by atoms with Crippen molar-refractivity contribution < 1.29 is 23.6 Å². The number of ether oxygens (including phenoxy) is 2. The van der Waals surface area contributed by atoms with Crippen molar-refractivity contribution in [3.8, 4) is 5.75 Å². The van der Waals surface area contributed by atoms with Crippen LogP contribution in [0.2, 0.25) is 0 Å². The molecular formula is C17H20N2O5. The quantitative estimate of drug-likeness (QED) is 0.813. The molecule has 24 heavy (non-hydrogen) atoms. The molecule has 0 saturated carbocycles. The molecule has 1 aromatic carbocycles. The zero-order valence-electron chi connectivity index (χ0n) is 14.1. The standard InChI is InChI=1S/C17H20N2O5/c1-10-13(11(2)24-19-10)8-16(20)18-9-12-5-6-15(22-3)14(7-12)17(21)23-4/h5-7H,8-9H2,1-4H3,(H,18,20). The van der Waals surface area contributed by atoms with E-state index in [-0.39, 0.29) is 18.9 Å². The Labute approximate surface area is 139 Å². The highest BCUT2D eigenvalue weighted by Crippen LogP contribution is 2.21. The summed E-state index contributed by atoms with van der Waals surface area (Å²) < 4.78 is 14.9. The molecule has 0 unspecified atom stereocenters. The molecule has 0 atom stereocenters. The molecule has 0 fully saturated rings. The lowest BCUT2D eigenvalue weighted by Gasteiger charge is -2.10. The molecule has 0 spiro atoms. The summed E-state index contributed by atoms with van der Waals surface area (Å²) in [5.74, 6) is 0.420. The molecule has 0 aliphatic rings. The molecule has 7 heteroatoms. The summed E-state index contributed by atoms with van der Waals surface area (Å²) in [6.45, 7) is 3.86. The molecule has 0 aliphatic carbocycles. The number of carbonyl (C=O) groups excluding carboxylic acids is 2. The summed E-state index contributed by atoms with van der Waals surface area (Å²) in [5.41, 5.74) is 2.58. The van der Waals surface area contributed by atoms with Gasteiger partial charge < -0.3 is 19.3 Å². The molecule has 128 valence electrons. The minimum Gasteiger partial charge on any atom is -0.496 e. The molecule has 1 heterocycles. The lowest BCUT2D eigenvalue weighted by atomic mass is 10.1. The van der Waals surface area contributed by atoms with Crippen molar-refractivity contribution in [3.05, 3.63) is 46.3 Å². The van der Waals surface area contributed by atoms with E-state index in [2.05, 4.69) is 10.5 Å². The van der Waals surface area contributed by atoms with Gasteiger partial charge in [0.05, 0.1) is 26.3 Å². The zero-order valence-corrected chi connectivity index (χ0v) is 14.1. The second kappa shape index (κ2) is 7.63. The number of methoxy groups -OCH3 is 2. The van der Waals surface area contributed by atoms with E-state index in [1.54, 1.807) is 32.0 Å². The van der Waals surface area contributed by atoms with Crippen molar-refractivity contribution >= 4 is 11.9 Å². The van der Waals surface area contributed by atoms with Gasteiger partial charge in [0.15, 0.2) is 0 Å². The third-order valence-corrected chi connectivity index (χ3v) is 3.68. The minimum atomic E-state index is -0.490. The molecular weight excluding hydrogens is 312 g/mol. The Morgan fingerprint density at radius 1 is 1.25 bits per heavy atom. The molecule has 1 N–H and O–H groups in total. The van der Waals surface area contributed by atoms with Gasteiger partial charge in [-0.15, -0.1) is 0 Å². The third kappa shape index (κ3) is 3.92. The number of nitrogens with one attached hydrogen (secondary N) is 1. The number of nitrogens with zero attached hydrogens (tertiary/aromatic N) is 1. The molecule has 2 rings (SSSR count). The summed E-state index contributed by atoms with van der Waals surface area (Å²) in [7, 11) is 2.78. The van der Waals surface area contributed by atoms with E-state index >= 15 is 0 Å². The van der Waals surface area contributed by atoms with E-state index in [0.29, 0.717) is 22.8 Å². The van der Waals surface area contributed by atoms with Crippen LogP contribution < -0.4 is 10.1 Å². The molecule has 0 saturated heterocycles. The second-order valence-electron chi connectivity index (χ2n) is 5.28. The molecule has 2 aromatic rings. The Hall–Kier alpha value is -2.83. The van der Waals surface area contributed by atoms with Crippen LogP contribution in [0.3, 0.4) is 0 Å². The lowest BCUT2D eigenvalue weighted by molar-refractivity contribution is -0.120. The van der Waals surface area contributed by atoms with Gasteiger partial charge in [0.25, 0.3) is 0 Å². The Bertz CT molecular complexity index is 732. The number of esters is 1. The van der Waals surface area contributed by atoms with Gasteiger partial charge in [-0.05, 0) is 31.5 Å². The molecule has 0 bridgehead atoms. The van der Waals surface area contributed by atoms with Gasteiger partial charge in [0, 0.05) is 12.1 Å². The largest absolute Gasteiger partial charge is 0.496 e. The number of amides is 1. The average Bonchev–Trinajstić information content (AvgIpc) is 2.90. The summed E-state index contributed by atoms with van der Waals surface area (Å²) in [6, 6.07) is 5.09. The van der Waals surface area contributed by atoms with Crippen molar-refractivity contribution in [2.45, 2.75) is 26.8 Å². The smallest absolute Gasteiger partial charge is 0.341 e. The van der Waals surface area contributed by atoms with Crippen LogP contribution in [0.4, 0.5) is 0 Å². The van der Waals surface area contributed by atoms with Crippen molar-refractivity contribution in [1.29, 1.82) is 0 Å². The average molecular weight is 332 g/mol. The summed E-state index contributed by atoms with van der Waals surface area (Å²) >= 11 is 0. The highest BCUT2D eigenvalue weighted by atomic mass is 16.5. The van der Waals surface area contributed by atoms with Crippen LogP contribution in [-0.4, -0.2) is 31.3 Å². The number of rotatable bonds is 6. The van der Waals surface area contributed by atoms with E-state index in [4.69, 9.17) is 14.0 Å². The van der Waals surface area contributed by atoms with E-state index in [9.17, 15) is 9.59 Å². The molecule has 0 aliphatic heterocycles. The highest BCUT2D eigenvalue weighted by molar-refractivity contribution is 5.92. The SMILES string of the molecule is COC(=O)c1cc(CNC(=O)Cc2c(C)noc2C)ccc1OC. The van der Waals surface area contributed by atoms with Gasteiger partial charge in [-0.2, -0.15) is 0 Å². The van der Waals surface area contributed by atoms with Gasteiger partial charge >= 0.3 is 5.97 Å². The van der Waals surface area contributed by atoms with E-state index < -0.39 is 5.97 Å². The monoisotopic (exact) mass is 332 g/mol. The fourth-order valence-electron chi connectivity index (χ4n) is 2.31. The number of carbonyl (C=O) groups is 2. The molecule has 7 nitrogen and oxygen atoms in total. The maximum absolute atomic E-state index is 12.1. The fraction of sp³-hybridized carbons (Fsp3) is 0.353. The maximum atomic E-state index is 12.1. The lowest BCUT2D eigenvalue weighted by Crippen LogP contribution is -2.25. The summed E-state index contributed by atoms with van der Waals surface area (Å²) in [6.07, 6.45) is 0.196. The van der Waals surface area contributed by atoms with Crippen LogP contribution >= 0.6 is 0 Å². The first kappa shape index (κ1) is 17.5. The van der Waals surface area contributed by atoms with Crippen LogP contribution in [0.25, 0.3) is 0 Å². The molecule has 0 radical (unpaired) electrons. The van der Waals surface area contributed by atoms with Gasteiger partial charge in [-0.1, -0.05) is 11.2 Å². The van der Waals surface area contributed by atoms with Crippen LogP contribution in [0.15, 0.2) is 22.7 Å². The fourth-order valence-corrected chi connectivity index (χ4v) is 2.31. The Balaban J connectivity index is 2.04. The van der Waals surface area contributed by atoms with Crippen LogP contribution in [0.5, 0.6) is 5.75 Å². The van der Waals surface area contributed by atoms with E-state index in [1.165, 1.54) is 14.2 Å². The molecule has 1 amide bonds. The number of hydrogen-bond donors (Lipinski definition) is 1. The van der Waals surface area contributed by atoms with Crippen molar-refractivity contribution in [3.63, 3.8) is 0 Å². The van der Waals surface area contributed by atoms with Crippen molar-refractivity contribution in [2.24, 2.45) is 0 Å². The van der Waals surface area contributed by atoms with Crippen LogP contribution in [-0.2, 0) is 22.5 Å². The normalized spacial score (nSPS) is 10.3. The van der Waals surface area contributed by atoms with E-state index in [1.807, 2.05) is 0 Å². The van der Waals surface area contributed by atoms with E-state index in [0.717, 1.165) is 11.1 Å². The molecule has 1 aromatic heterocycles. The Morgan fingerprint density at radius 2 is 2.00 bits per heavy atom. The van der Waals surface area contributed by atoms with Crippen LogP contribution in [0.1, 0.15) is 32.9 Å². The Morgan fingerprint density at radius 3 is 2.58 bits per heavy atom. The maximum Gasteiger partial charge on any atom is 0.341 e. The van der Waals surface area contributed by atoms with Gasteiger partial charge in [-0.25, -0.2) is 4.79 Å². The van der Waals surface area contributed by atoms with Crippen molar-refractivity contribution in [1.82, 2.24) is 10.5 Å². The zero-order chi connectivity index (χ0) is 17.7. The predicted molar refractivity (Wildman–Crippen MR) is 85.9 cm³/mol. The van der Waals surface area contributed by atoms with Gasteiger partial charge in [0.1, 0.15) is 17.1 Å². The minimum absolute atomic E-state index is 0.153. The van der Waals surface area contributed by atoms with Gasteiger partial charge in [0.2, 0.25) is 5.91 Å². The second-order valence-corrected chi connectivity index (χ2v) is 5.28. The first-order valence-electron chi connectivity index (χ1n) is 7.40. The highest BCUT2D eigenvalue weighted by Gasteiger charge is 2.15.